The van der Waals surface area contributed by atoms with Gasteiger partial charge in [0.1, 0.15) is 0 Å². The van der Waals surface area contributed by atoms with Crippen LogP contribution in [0.15, 0.2) is 41.9 Å². The first kappa shape index (κ1) is 20.5. The van der Waals surface area contributed by atoms with Crippen LogP contribution in [0.3, 0.4) is 0 Å². The van der Waals surface area contributed by atoms with Crippen LogP contribution >= 0.6 is 35.6 Å². The molecule has 1 aromatic rings. The molecule has 138 valence electrons. The first-order valence-corrected chi connectivity index (χ1v) is 9.16. The molecule has 2 aliphatic rings. The maximum absolute atomic E-state index is 6.09. The van der Waals surface area contributed by atoms with Crippen molar-refractivity contribution in [2.75, 3.05) is 26.7 Å². The second-order valence-corrected chi connectivity index (χ2v) is 7.16. The molecule has 1 aliphatic carbocycles. The Balaban J connectivity index is 0.00000225. The molecular weight excluding hydrogens is 447 g/mol. The molecule has 3 rings (SSSR count). The Morgan fingerprint density at radius 2 is 2.12 bits per heavy atom. The molecule has 1 aliphatic heterocycles. The molecule has 2 unspecified atom stereocenters. The molecule has 1 heterocycles. The van der Waals surface area contributed by atoms with Gasteiger partial charge in [-0.1, -0.05) is 29.8 Å². The van der Waals surface area contributed by atoms with Crippen molar-refractivity contribution < 1.29 is 0 Å². The highest BCUT2D eigenvalue weighted by atomic mass is 127. The number of aliphatic imine (C=N–C) groups is 1. The van der Waals surface area contributed by atoms with Gasteiger partial charge in [0.05, 0.1) is 0 Å². The first-order valence-electron chi connectivity index (χ1n) is 8.78. The van der Waals surface area contributed by atoms with Crippen LogP contribution in [0.2, 0.25) is 5.02 Å². The molecule has 2 N–H and O–H groups in total. The highest BCUT2D eigenvalue weighted by Crippen LogP contribution is 2.41. The molecular formula is C19H28ClIN4. The Hall–Kier alpha value is -0.790. The maximum atomic E-state index is 6.09. The SMILES string of the molecule is C=CCN1CCC(NC(=NC)NC2CC2c2cccc(Cl)c2)CC1.I. The van der Waals surface area contributed by atoms with Crippen molar-refractivity contribution in [2.24, 2.45) is 4.99 Å². The Kier molecular flexibility index (Phi) is 8.03. The van der Waals surface area contributed by atoms with Gasteiger partial charge in [-0.25, -0.2) is 0 Å². The second-order valence-electron chi connectivity index (χ2n) is 6.73. The number of hydrogen-bond donors (Lipinski definition) is 2. The zero-order valence-corrected chi connectivity index (χ0v) is 17.8. The van der Waals surface area contributed by atoms with Crippen LogP contribution in [-0.4, -0.2) is 49.6 Å². The molecule has 0 amide bonds. The molecule has 0 spiro atoms. The van der Waals surface area contributed by atoms with Crippen molar-refractivity contribution in [3.05, 3.63) is 47.5 Å². The van der Waals surface area contributed by atoms with Gasteiger partial charge in [-0.15, -0.1) is 30.6 Å². The van der Waals surface area contributed by atoms with Gasteiger partial charge in [-0.05, 0) is 37.0 Å². The lowest BCUT2D eigenvalue weighted by molar-refractivity contribution is 0.225. The summed E-state index contributed by atoms with van der Waals surface area (Å²) in [7, 11) is 1.85. The van der Waals surface area contributed by atoms with Gasteiger partial charge in [0.15, 0.2) is 5.96 Å². The van der Waals surface area contributed by atoms with Crippen LogP contribution in [-0.2, 0) is 0 Å². The summed E-state index contributed by atoms with van der Waals surface area (Å²) >= 11 is 6.09. The summed E-state index contributed by atoms with van der Waals surface area (Å²) in [5.74, 6) is 1.46. The average Bonchev–Trinajstić information content (AvgIpc) is 3.35. The molecule has 1 aromatic carbocycles. The van der Waals surface area contributed by atoms with E-state index in [4.69, 9.17) is 11.6 Å². The second kappa shape index (κ2) is 9.78. The van der Waals surface area contributed by atoms with Crippen LogP contribution in [0, 0.1) is 0 Å². The van der Waals surface area contributed by atoms with Crippen molar-refractivity contribution in [2.45, 2.75) is 37.3 Å². The zero-order valence-electron chi connectivity index (χ0n) is 14.7. The average molecular weight is 475 g/mol. The highest BCUT2D eigenvalue weighted by Gasteiger charge is 2.39. The van der Waals surface area contributed by atoms with E-state index in [0.29, 0.717) is 18.0 Å². The number of halogens is 2. The number of nitrogens with zero attached hydrogens (tertiary/aromatic N) is 2. The monoisotopic (exact) mass is 474 g/mol. The Bertz CT molecular complexity index is 599. The molecule has 0 radical (unpaired) electrons. The number of nitrogens with one attached hydrogen (secondary N) is 2. The minimum atomic E-state index is 0. The molecule has 1 saturated carbocycles. The largest absolute Gasteiger partial charge is 0.354 e. The third kappa shape index (κ3) is 5.86. The van der Waals surface area contributed by atoms with E-state index < -0.39 is 0 Å². The number of hydrogen-bond acceptors (Lipinski definition) is 2. The van der Waals surface area contributed by atoms with Gasteiger partial charge in [0, 0.05) is 49.7 Å². The quantitative estimate of drug-likeness (QED) is 0.296. The van der Waals surface area contributed by atoms with E-state index in [1.165, 1.54) is 5.56 Å². The lowest BCUT2D eigenvalue weighted by atomic mass is 10.1. The Labute approximate surface area is 173 Å². The predicted octanol–water partition coefficient (Wildman–Crippen LogP) is 3.63. The van der Waals surface area contributed by atoms with Crippen LogP contribution in [0.1, 0.15) is 30.7 Å². The zero-order chi connectivity index (χ0) is 16.9. The van der Waals surface area contributed by atoms with Gasteiger partial charge in [-0.3, -0.25) is 9.89 Å². The van der Waals surface area contributed by atoms with Crippen LogP contribution < -0.4 is 10.6 Å². The minimum absolute atomic E-state index is 0. The number of likely N-dealkylation sites (tertiary alicyclic amines) is 1. The number of benzene rings is 1. The van der Waals surface area contributed by atoms with E-state index in [-0.39, 0.29) is 24.0 Å². The normalized spacial score (nSPS) is 24.3. The van der Waals surface area contributed by atoms with E-state index in [1.54, 1.807) is 0 Å². The van der Waals surface area contributed by atoms with Gasteiger partial charge < -0.3 is 10.6 Å². The molecule has 6 heteroatoms. The van der Waals surface area contributed by atoms with Gasteiger partial charge in [0.2, 0.25) is 0 Å². The standard InChI is InChI=1S/C19H27ClN4.HI/c1-3-9-24-10-7-16(8-11-24)22-19(21-2)23-18-13-17(18)14-5-4-6-15(20)12-14;/h3-6,12,16-18H,1,7-11,13H2,2H3,(H2,21,22,23);1H. The number of piperidine rings is 1. The van der Waals surface area contributed by atoms with E-state index in [0.717, 1.165) is 49.9 Å². The van der Waals surface area contributed by atoms with Crippen molar-refractivity contribution >= 4 is 41.5 Å². The van der Waals surface area contributed by atoms with Crippen LogP contribution in [0.4, 0.5) is 0 Å². The highest BCUT2D eigenvalue weighted by molar-refractivity contribution is 14.0. The smallest absolute Gasteiger partial charge is 0.191 e. The fraction of sp³-hybridized carbons (Fsp3) is 0.526. The van der Waals surface area contributed by atoms with E-state index in [9.17, 15) is 0 Å². The molecule has 0 aromatic heterocycles. The topological polar surface area (TPSA) is 39.7 Å². The fourth-order valence-electron chi connectivity index (χ4n) is 3.44. The van der Waals surface area contributed by atoms with E-state index in [2.05, 4.69) is 39.2 Å². The van der Waals surface area contributed by atoms with Gasteiger partial charge in [-0.2, -0.15) is 0 Å². The molecule has 2 atom stereocenters. The van der Waals surface area contributed by atoms with Crippen molar-refractivity contribution in [3.8, 4) is 0 Å². The third-order valence-corrected chi connectivity index (χ3v) is 5.16. The number of rotatable bonds is 5. The van der Waals surface area contributed by atoms with Crippen LogP contribution in [0.25, 0.3) is 0 Å². The molecule has 4 nitrogen and oxygen atoms in total. The van der Waals surface area contributed by atoms with Gasteiger partial charge in [0.25, 0.3) is 0 Å². The lowest BCUT2D eigenvalue weighted by Crippen LogP contribution is -2.49. The Morgan fingerprint density at radius 3 is 2.76 bits per heavy atom. The third-order valence-electron chi connectivity index (χ3n) is 4.93. The summed E-state index contributed by atoms with van der Waals surface area (Å²) in [5, 5.41) is 7.95. The maximum Gasteiger partial charge on any atom is 0.191 e. The minimum Gasteiger partial charge on any atom is -0.354 e. The fourth-order valence-corrected chi connectivity index (χ4v) is 3.64. The van der Waals surface area contributed by atoms with Gasteiger partial charge >= 0.3 is 0 Å². The summed E-state index contributed by atoms with van der Waals surface area (Å²) < 4.78 is 0. The van der Waals surface area contributed by atoms with Crippen molar-refractivity contribution in [1.82, 2.24) is 15.5 Å². The molecule has 2 fully saturated rings. The first-order chi connectivity index (χ1) is 11.7. The summed E-state index contributed by atoms with van der Waals surface area (Å²) in [6.45, 7) is 7.05. The van der Waals surface area contributed by atoms with Crippen LogP contribution in [0.5, 0.6) is 0 Å². The number of guanidine groups is 1. The lowest BCUT2D eigenvalue weighted by Gasteiger charge is -2.32. The van der Waals surface area contributed by atoms with E-state index in [1.807, 2.05) is 25.3 Å². The molecule has 0 bridgehead atoms. The van der Waals surface area contributed by atoms with Crippen molar-refractivity contribution in [3.63, 3.8) is 0 Å². The summed E-state index contributed by atoms with van der Waals surface area (Å²) in [6, 6.07) is 9.13. The summed E-state index contributed by atoms with van der Waals surface area (Å²) in [6.07, 6.45) is 5.42. The van der Waals surface area contributed by atoms with E-state index >= 15 is 0 Å². The molecule has 25 heavy (non-hydrogen) atoms. The van der Waals surface area contributed by atoms with Crippen molar-refractivity contribution in [1.29, 1.82) is 0 Å². The Morgan fingerprint density at radius 1 is 1.36 bits per heavy atom. The summed E-state index contributed by atoms with van der Waals surface area (Å²) in [5.41, 5.74) is 1.31. The molecule has 1 saturated heterocycles. The predicted molar refractivity (Wildman–Crippen MR) is 117 cm³/mol. The summed E-state index contributed by atoms with van der Waals surface area (Å²) in [4.78, 5) is 6.84.